The molecule has 0 unspecified atom stereocenters. The molecule has 0 amide bonds. The predicted molar refractivity (Wildman–Crippen MR) is 112 cm³/mol. The van der Waals surface area contributed by atoms with Gasteiger partial charge in [0.2, 0.25) is 5.95 Å². The Hall–Kier alpha value is -3.16. The summed E-state index contributed by atoms with van der Waals surface area (Å²) in [5.41, 5.74) is 3.96. The Labute approximate surface area is 175 Å². The van der Waals surface area contributed by atoms with Crippen LogP contribution in [0.3, 0.4) is 0 Å². The zero-order valence-corrected chi connectivity index (χ0v) is 16.6. The van der Waals surface area contributed by atoms with E-state index < -0.39 is 0 Å². The molecular formula is C21H14ClN5OS. The largest absolute Gasteiger partial charge is 0.480 e. The topological polar surface area (TPSA) is 64.9 Å². The summed E-state index contributed by atoms with van der Waals surface area (Å²) in [6.07, 6.45) is 4.94. The third kappa shape index (κ3) is 2.58. The molecule has 2 atom stereocenters. The molecular weight excluding hydrogens is 406 g/mol. The van der Waals surface area contributed by atoms with E-state index in [2.05, 4.69) is 37.9 Å². The fourth-order valence-electron chi connectivity index (χ4n) is 3.98. The minimum Gasteiger partial charge on any atom is -0.480 e. The van der Waals surface area contributed by atoms with Crippen LogP contribution in [0.5, 0.6) is 5.75 Å². The van der Waals surface area contributed by atoms with E-state index in [-0.39, 0.29) is 12.1 Å². The third-order valence-electron chi connectivity index (χ3n) is 5.18. The second-order valence-electron chi connectivity index (χ2n) is 6.83. The van der Waals surface area contributed by atoms with Gasteiger partial charge in [0.1, 0.15) is 18.1 Å². The summed E-state index contributed by atoms with van der Waals surface area (Å²) in [7, 11) is 0. The lowest BCUT2D eigenvalue weighted by atomic mass is 9.87. The highest BCUT2D eigenvalue weighted by molar-refractivity contribution is 7.10. The maximum absolute atomic E-state index is 6.52. The van der Waals surface area contributed by atoms with E-state index in [1.54, 1.807) is 23.9 Å². The molecule has 1 aromatic carbocycles. The van der Waals surface area contributed by atoms with Crippen LogP contribution in [-0.4, -0.2) is 19.7 Å². The monoisotopic (exact) mass is 419 g/mol. The second kappa shape index (κ2) is 6.43. The summed E-state index contributed by atoms with van der Waals surface area (Å²) in [6, 6.07) is 13.6. The van der Waals surface area contributed by atoms with E-state index in [0.29, 0.717) is 11.0 Å². The lowest BCUT2D eigenvalue weighted by Gasteiger charge is -2.38. The Kier molecular flexibility index (Phi) is 3.72. The van der Waals surface area contributed by atoms with E-state index in [0.717, 1.165) is 33.0 Å². The summed E-state index contributed by atoms with van der Waals surface area (Å²) in [5, 5.41) is 10.7. The molecule has 0 radical (unpaired) electrons. The van der Waals surface area contributed by atoms with Crippen molar-refractivity contribution >= 4 is 34.6 Å². The molecule has 142 valence electrons. The van der Waals surface area contributed by atoms with Crippen LogP contribution in [0.25, 0.3) is 5.70 Å². The zero-order valence-electron chi connectivity index (χ0n) is 15.0. The van der Waals surface area contributed by atoms with E-state index in [9.17, 15) is 0 Å². The number of nitrogens with one attached hydrogen (secondary N) is 1. The van der Waals surface area contributed by atoms with Crippen molar-refractivity contribution in [2.45, 2.75) is 12.1 Å². The maximum atomic E-state index is 6.52. The Balaban J connectivity index is 1.66. The highest BCUT2D eigenvalue weighted by atomic mass is 35.5. The Bertz CT molecular complexity index is 1240. The van der Waals surface area contributed by atoms with Crippen molar-refractivity contribution in [3.05, 3.63) is 93.2 Å². The molecule has 0 aliphatic carbocycles. The first-order chi connectivity index (χ1) is 14.3. The number of ether oxygens (including phenoxy) is 1. The number of hydrogen-bond donors (Lipinski definition) is 1. The number of nitrogens with zero attached hydrogens (tertiary/aromatic N) is 4. The molecule has 0 spiro atoms. The summed E-state index contributed by atoms with van der Waals surface area (Å²) in [5.74, 6) is 1.47. The van der Waals surface area contributed by atoms with E-state index >= 15 is 0 Å². The molecule has 5 heterocycles. The van der Waals surface area contributed by atoms with Gasteiger partial charge < -0.3 is 10.1 Å². The van der Waals surface area contributed by atoms with Gasteiger partial charge in [-0.1, -0.05) is 23.7 Å². The summed E-state index contributed by atoms with van der Waals surface area (Å²) in [6.45, 7) is 0. The van der Waals surface area contributed by atoms with Gasteiger partial charge in [0.25, 0.3) is 0 Å². The standard InChI is InChI=1S/C21H14ClN5OS/c22-13-5-6-15-14(9-13)18-17(20(28-15)16-4-2-8-29-16)19(12-3-1-7-23-10-12)27-21(26-18)24-11-25-27/h1-11,19-20H,(H,24,25,26)/t19-,20-/m0/s1. The second-order valence-corrected chi connectivity index (χ2v) is 8.24. The van der Waals surface area contributed by atoms with Gasteiger partial charge in [-0.25, -0.2) is 4.68 Å². The van der Waals surface area contributed by atoms with Crippen LogP contribution in [0.15, 0.2) is 72.1 Å². The van der Waals surface area contributed by atoms with Crippen molar-refractivity contribution in [2.24, 2.45) is 0 Å². The Morgan fingerprint density at radius 3 is 2.97 bits per heavy atom. The van der Waals surface area contributed by atoms with Crippen LogP contribution < -0.4 is 10.1 Å². The molecule has 0 bridgehead atoms. The number of pyridine rings is 1. The molecule has 4 aromatic rings. The van der Waals surface area contributed by atoms with Gasteiger partial charge >= 0.3 is 0 Å². The quantitative estimate of drug-likeness (QED) is 0.498. The summed E-state index contributed by atoms with van der Waals surface area (Å²) in [4.78, 5) is 9.88. The van der Waals surface area contributed by atoms with Crippen LogP contribution in [0.4, 0.5) is 5.95 Å². The normalized spacial score (nSPS) is 19.6. The summed E-state index contributed by atoms with van der Waals surface area (Å²) < 4.78 is 8.40. The Morgan fingerprint density at radius 1 is 1.17 bits per heavy atom. The fourth-order valence-corrected chi connectivity index (χ4v) is 4.92. The van der Waals surface area contributed by atoms with Gasteiger partial charge in [0, 0.05) is 33.4 Å². The molecule has 0 fully saturated rings. The molecule has 3 aromatic heterocycles. The van der Waals surface area contributed by atoms with E-state index in [1.807, 2.05) is 41.2 Å². The first-order valence-electron chi connectivity index (χ1n) is 9.10. The average molecular weight is 420 g/mol. The van der Waals surface area contributed by atoms with Gasteiger partial charge in [-0.2, -0.15) is 10.1 Å². The lowest BCUT2D eigenvalue weighted by Crippen LogP contribution is -2.32. The molecule has 0 saturated carbocycles. The number of benzene rings is 1. The highest BCUT2D eigenvalue weighted by Crippen LogP contribution is 2.51. The van der Waals surface area contributed by atoms with Crippen molar-refractivity contribution in [1.29, 1.82) is 0 Å². The first-order valence-corrected chi connectivity index (χ1v) is 10.4. The van der Waals surface area contributed by atoms with Gasteiger partial charge in [-0.05, 0) is 41.3 Å². The molecule has 1 N–H and O–H groups in total. The predicted octanol–water partition coefficient (Wildman–Crippen LogP) is 4.95. The minimum atomic E-state index is -0.256. The van der Waals surface area contributed by atoms with Crippen molar-refractivity contribution in [1.82, 2.24) is 19.7 Å². The van der Waals surface area contributed by atoms with Gasteiger partial charge in [0.05, 0.1) is 5.70 Å². The molecule has 6 rings (SSSR count). The highest BCUT2D eigenvalue weighted by Gasteiger charge is 2.41. The van der Waals surface area contributed by atoms with Crippen molar-refractivity contribution in [3.63, 3.8) is 0 Å². The summed E-state index contributed by atoms with van der Waals surface area (Å²) >= 11 is 8.00. The van der Waals surface area contributed by atoms with Crippen LogP contribution in [-0.2, 0) is 0 Å². The maximum Gasteiger partial charge on any atom is 0.226 e. The Morgan fingerprint density at radius 2 is 2.14 bits per heavy atom. The van der Waals surface area contributed by atoms with Gasteiger partial charge in [-0.3, -0.25) is 4.98 Å². The fraction of sp³-hybridized carbons (Fsp3) is 0.0952. The number of fused-ring (bicyclic) bond motifs is 3. The zero-order chi connectivity index (χ0) is 19.4. The third-order valence-corrected chi connectivity index (χ3v) is 6.33. The average Bonchev–Trinajstić information content (AvgIpc) is 3.44. The van der Waals surface area contributed by atoms with Gasteiger partial charge in [0.15, 0.2) is 6.10 Å². The van der Waals surface area contributed by atoms with Crippen molar-refractivity contribution in [3.8, 4) is 5.75 Å². The molecule has 2 aliphatic heterocycles. The molecule has 6 nitrogen and oxygen atoms in total. The van der Waals surface area contributed by atoms with E-state index in [1.165, 1.54) is 0 Å². The molecule has 29 heavy (non-hydrogen) atoms. The molecule has 8 heteroatoms. The number of anilines is 1. The van der Waals surface area contributed by atoms with E-state index in [4.69, 9.17) is 16.3 Å². The number of rotatable bonds is 2. The number of thiophene rings is 1. The number of aromatic nitrogens is 4. The smallest absolute Gasteiger partial charge is 0.226 e. The lowest BCUT2D eigenvalue weighted by molar-refractivity contribution is 0.226. The minimum absolute atomic E-state index is 0.198. The van der Waals surface area contributed by atoms with Crippen LogP contribution in [0.1, 0.15) is 28.1 Å². The molecule has 0 saturated heterocycles. The van der Waals surface area contributed by atoms with Crippen molar-refractivity contribution in [2.75, 3.05) is 5.32 Å². The van der Waals surface area contributed by atoms with Gasteiger partial charge in [-0.15, -0.1) is 11.3 Å². The first kappa shape index (κ1) is 16.8. The van der Waals surface area contributed by atoms with Crippen molar-refractivity contribution < 1.29 is 4.74 Å². The number of hydrogen-bond acceptors (Lipinski definition) is 6. The molecule has 2 aliphatic rings. The van der Waals surface area contributed by atoms with Crippen LogP contribution in [0.2, 0.25) is 5.02 Å². The number of halogens is 1. The van der Waals surface area contributed by atoms with Crippen LogP contribution >= 0.6 is 22.9 Å². The van der Waals surface area contributed by atoms with Crippen LogP contribution in [0, 0.1) is 0 Å². The SMILES string of the molecule is Clc1ccc2c(c1)C1=C([C@H](c3cccs3)O2)[C@H](c2cccnc2)n2ncnc2N1.